The maximum Gasteiger partial charge on any atom is 0.0994 e. The van der Waals surface area contributed by atoms with Gasteiger partial charge >= 0.3 is 0 Å². The minimum atomic E-state index is -0.338. The smallest absolute Gasteiger partial charge is 0.0994 e. The highest BCUT2D eigenvalue weighted by atomic mass is 32.1. The Morgan fingerprint density at radius 1 is 1.47 bits per heavy atom. The Morgan fingerprint density at radius 3 is 2.32 bits per heavy atom. The maximum atomic E-state index is 7.46. The summed E-state index contributed by atoms with van der Waals surface area (Å²) in [6, 6.07) is 0. The summed E-state index contributed by atoms with van der Waals surface area (Å²) in [5.74, 6) is -0.253. The number of hydrogen-bond acceptors (Lipinski definition) is 5. The number of allylic oxidation sites excluding steroid dienone is 1. The maximum absolute atomic E-state index is 7.46. The molecule has 0 spiro atoms. The number of hydrogen-bond donors (Lipinski definition) is 6. The molecular weight excluding hydrogens is 258 g/mol. The number of amidine groups is 1. The summed E-state index contributed by atoms with van der Waals surface area (Å²) >= 11 is 4.41. The average Bonchev–Trinajstić information content (AvgIpc) is 2.28. The molecule has 0 bridgehead atoms. The minimum absolute atomic E-state index is 0.0236. The Labute approximate surface area is 121 Å². The van der Waals surface area contributed by atoms with E-state index in [9.17, 15) is 0 Å². The van der Waals surface area contributed by atoms with Gasteiger partial charge in [0.25, 0.3) is 0 Å². The van der Waals surface area contributed by atoms with Crippen molar-refractivity contribution in [2.24, 2.45) is 28.7 Å². The van der Waals surface area contributed by atoms with Gasteiger partial charge in [-0.2, -0.15) is 0 Å². The van der Waals surface area contributed by atoms with Gasteiger partial charge in [-0.1, -0.05) is 20.8 Å². The monoisotopic (exact) mass is 285 g/mol. The molecule has 6 heteroatoms. The summed E-state index contributed by atoms with van der Waals surface area (Å²) in [7, 11) is 0. The van der Waals surface area contributed by atoms with E-state index in [2.05, 4.69) is 31.8 Å². The third-order valence-corrected chi connectivity index (χ3v) is 3.53. The van der Waals surface area contributed by atoms with E-state index >= 15 is 0 Å². The molecule has 0 aromatic heterocycles. The highest BCUT2D eigenvalue weighted by Gasteiger charge is 2.25. The van der Waals surface area contributed by atoms with Gasteiger partial charge < -0.3 is 22.2 Å². The number of thiol groups is 1. The Bertz CT molecular complexity index is 358. The summed E-state index contributed by atoms with van der Waals surface area (Å²) in [6.45, 7) is 9.13. The second kappa shape index (κ2) is 7.55. The van der Waals surface area contributed by atoms with Crippen LogP contribution in [0, 0.1) is 28.1 Å². The Morgan fingerprint density at radius 2 is 2.00 bits per heavy atom. The van der Waals surface area contributed by atoms with E-state index in [0.717, 1.165) is 10.6 Å². The second-order valence-electron chi connectivity index (χ2n) is 5.55. The van der Waals surface area contributed by atoms with Crippen LogP contribution in [-0.2, 0) is 0 Å². The fourth-order valence-electron chi connectivity index (χ4n) is 1.91. The lowest BCUT2D eigenvalue weighted by atomic mass is 9.87. The molecule has 2 unspecified atom stereocenters. The largest absolute Gasteiger partial charge is 0.387 e. The van der Waals surface area contributed by atoms with Crippen LogP contribution in [0.2, 0.25) is 0 Å². The third kappa shape index (κ3) is 5.24. The molecule has 0 rings (SSSR count). The van der Waals surface area contributed by atoms with Crippen LogP contribution in [0.5, 0.6) is 0 Å². The van der Waals surface area contributed by atoms with Crippen molar-refractivity contribution in [3.8, 4) is 0 Å². The van der Waals surface area contributed by atoms with Crippen LogP contribution < -0.4 is 16.8 Å². The van der Waals surface area contributed by atoms with Crippen molar-refractivity contribution in [1.82, 2.24) is 5.32 Å². The van der Waals surface area contributed by atoms with Crippen molar-refractivity contribution in [2.45, 2.75) is 27.7 Å². The molecule has 0 aliphatic rings. The van der Waals surface area contributed by atoms with Crippen molar-refractivity contribution in [3.63, 3.8) is 0 Å². The lowest BCUT2D eigenvalue weighted by Gasteiger charge is -2.30. The molecule has 5 nitrogen and oxygen atoms in total. The first-order chi connectivity index (χ1) is 8.67. The molecule has 2 atom stereocenters. The molecule has 0 aromatic rings. The van der Waals surface area contributed by atoms with Gasteiger partial charge in [-0.3, -0.25) is 5.41 Å². The molecule has 0 aliphatic carbocycles. The zero-order valence-corrected chi connectivity index (χ0v) is 13.1. The van der Waals surface area contributed by atoms with Gasteiger partial charge in [-0.15, -0.1) is 12.6 Å². The van der Waals surface area contributed by atoms with E-state index in [1.165, 1.54) is 6.21 Å². The van der Waals surface area contributed by atoms with Crippen LogP contribution in [0.3, 0.4) is 0 Å². The molecule has 0 radical (unpaired) electrons. The van der Waals surface area contributed by atoms with Gasteiger partial charge in [0, 0.05) is 30.4 Å². The fourth-order valence-corrected chi connectivity index (χ4v) is 2.29. The lowest BCUT2D eigenvalue weighted by molar-refractivity contribution is 0.401. The molecule has 0 amide bonds. The molecule has 7 N–H and O–H groups in total. The molecule has 0 saturated carbocycles. The normalized spacial score (nSPS) is 16.3. The standard InChI is InChI=1S/C13H27N5S/c1-8(10(5-14)12(16)17)6-18-11(9(2)19)13(3,4)7-15/h5,8,10,14,18-19H,6-7,15H2,1-4H3,(H3,16,17)/b11-9-,14-5?. The third-order valence-electron chi connectivity index (χ3n) is 3.30. The van der Waals surface area contributed by atoms with E-state index in [-0.39, 0.29) is 23.1 Å². The molecule has 0 heterocycles. The second-order valence-corrected chi connectivity index (χ2v) is 6.23. The van der Waals surface area contributed by atoms with Crippen molar-refractivity contribution in [2.75, 3.05) is 13.1 Å². The first-order valence-electron chi connectivity index (χ1n) is 6.36. The van der Waals surface area contributed by atoms with Gasteiger partial charge in [0.15, 0.2) is 0 Å². The summed E-state index contributed by atoms with van der Waals surface area (Å²) in [6.07, 6.45) is 1.22. The van der Waals surface area contributed by atoms with E-state index < -0.39 is 0 Å². The minimum Gasteiger partial charge on any atom is -0.387 e. The van der Waals surface area contributed by atoms with Crippen LogP contribution in [0.1, 0.15) is 27.7 Å². The number of nitrogens with one attached hydrogen (secondary N) is 3. The van der Waals surface area contributed by atoms with Gasteiger partial charge in [-0.25, -0.2) is 0 Å². The highest BCUT2D eigenvalue weighted by molar-refractivity contribution is 7.84. The Kier molecular flexibility index (Phi) is 7.15. The molecule has 0 aromatic carbocycles. The topological polar surface area (TPSA) is 112 Å². The van der Waals surface area contributed by atoms with Crippen molar-refractivity contribution >= 4 is 24.7 Å². The molecular formula is C13H27N5S. The predicted molar refractivity (Wildman–Crippen MR) is 85.9 cm³/mol. The molecule has 0 saturated heterocycles. The van der Waals surface area contributed by atoms with Gasteiger partial charge in [0.05, 0.1) is 11.8 Å². The summed E-state index contributed by atoms with van der Waals surface area (Å²) in [5, 5.41) is 18.1. The quantitative estimate of drug-likeness (QED) is 0.231. The number of nitrogens with two attached hydrogens (primary N) is 2. The summed E-state index contributed by atoms with van der Waals surface area (Å²) in [5.41, 5.74) is 12.1. The average molecular weight is 285 g/mol. The van der Waals surface area contributed by atoms with E-state index in [0.29, 0.717) is 13.1 Å². The van der Waals surface area contributed by atoms with Crippen LogP contribution in [0.4, 0.5) is 0 Å². The van der Waals surface area contributed by atoms with Crippen LogP contribution in [0.25, 0.3) is 0 Å². The van der Waals surface area contributed by atoms with Crippen molar-refractivity contribution in [3.05, 3.63) is 10.6 Å². The van der Waals surface area contributed by atoms with Crippen molar-refractivity contribution < 1.29 is 0 Å². The SMILES string of the molecule is C/C(S)=C(/NCC(C)C(C=N)C(=N)N)C(C)(C)CN. The van der Waals surface area contributed by atoms with Crippen LogP contribution >= 0.6 is 12.6 Å². The molecule has 0 fully saturated rings. The van der Waals surface area contributed by atoms with Gasteiger partial charge in [0.2, 0.25) is 0 Å². The first kappa shape index (κ1) is 18.0. The molecule has 110 valence electrons. The summed E-state index contributed by atoms with van der Waals surface area (Å²) in [4.78, 5) is 0.900. The van der Waals surface area contributed by atoms with E-state index in [1.54, 1.807) is 0 Å². The number of rotatable bonds is 8. The zero-order valence-electron chi connectivity index (χ0n) is 12.2. The van der Waals surface area contributed by atoms with Crippen LogP contribution in [0.15, 0.2) is 10.6 Å². The Hall–Kier alpha value is -1.01. The van der Waals surface area contributed by atoms with Crippen LogP contribution in [-0.4, -0.2) is 25.1 Å². The lowest BCUT2D eigenvalue weighted by Crippen LogP contribution is -2.39. The molecule has 0 aliphatic heterocycles. The zero-order chi connectivity index (χ0) is 15.2. The summed E-state index contributed by atoms with van der Waals surface area (Å²) < 4.78 is 0. The predicted octanol–water partition coefficient (Wildman–Crippen LogP) is 1.56. The highest BCUT2D eigenvalue weighted by Crippen LogP contribution is 2.27. The van der Waals surface area contributed by atoms with Gasteiger partial charge in [0.1, 0.15) is 0 Å². The Balaban J connectivity index is 4.82. The molecule has 19 heavy (non-hydrogen) atoms. The van der Waals surface area contributed by atoms with E-state index in [4.69, 9.17) is 22.3 Å². The van der Waals surface area contributed by atoms with Crippen molar-refractivity contribution in [1.29, 1.82) is 10.8 Å². The first-order valence-corrected chi connectivity index (χ1v) is 6.80. The van der Waals surface area contributed by atoms with E-state index in [1.807, 2.05) is 13.8 Å². The fraction of sp³-hybridized carbons (Fsp3) is 0.692. The van der Waals surface area contributed by atoms with Gasteiger partial charge in [-0.05, 0) is 17.7 Å².